The molecule has 1 fully saturated rings. The zero-order valence-corrected chi connectivity index (χ0v) is 19.0. The molecular weight excluding hydrogens is 466 g/mol. The van der Waals surface area contributed by atoms with Crippen LogP contribution >= 0.6 is 0 Å². The number of rotatable bonds is 6. The van der Waals surface area contributed by atoms with Crippen LogP contribution in [0.4, 0.5) is 4.79 Å². The van der Waals surface area contributed by atoms with E-state index in [0.717, 1.165) is 9.80 Å². The van der Waals surface area contributed by atoms with Gasteiger partial charge in [-0.25, -0.2) is 4.79 Å². The van der Waals surface area contributed by atoms with Gasteiger partial charge < -0.3 is 9.15 Å². The van der Waals surface area contributed by atoms with Crippen molar-refractivity contribution < 1.29 is 33.1 Å². The average molecular weight is 485 g/mol. The molecule has 0 bridgehead atoms. The van der Waals surface area contributed by atoms with E-state index in [-0.39, 0.29) is 18.7 Å². The first-order chi connectivity index (χ1) is 17.4. The van der Waals surface area contributed by atoms with E-state index < -0.39 is 29.7 Å². The summed E-state index contributed by atoms with van der Waals surface area (Å²) < 4.78 is 10.6. The summed E-state index contributed by atoms with van der Waals surface area (Å²) in [5.41, 5.74) is 1.33. The van der Waals surface area contributed by atoms with E-state index in [9.17, 15) is 24.0 Å². The number of fused-ring (bicyclic) bond motifs is 1. The second-order valence-corrected chi connectivity index (χ2v) is 8.10. The molecule has 0 spiro atoms. The van der Waals surface area contributed by atoms with E-state index >= 15 is 0 Å². The van der Waals surface area contributed by atoms with Crippen molar-refractivity contribution in [3.63, 3.8) is 0 Å². The third-order valence-electron chi connectivity index (χ3n) is 5.90. The van der Waals surface area contributed by atoms with Crippen LogP contribution < -0.4 is 10.1 Å². The molecule has 0 unspecified atom stereocenters. The molecule has 3 heterocycles. The zero-order chi connectivity index (χ0) is 25.4. The number of methoxy groups -OCH3 is 1. The lowest BCUT2D eigenvalue weighted by Gasteiger charge is -2.25. The lowest BCUT2D eigenvalue weighted by molar-refractivity contribution is -0.130. The van der Waals surface area contributed by atoms with E-state index in [2.05, 4.69) is 5.32 Å². The minimum atomic E-state index is -0.848. The maximum Gasteiger partial charge on any atom is 0.331 e. The van der Waals surface area contributed by atoms with Gasteiger partial charge in [-0.2, -0.15) is 0 Å². The van der Waals surface area contributed by atoms with Gasteiger partial charge in [-0.1, -0.05) is 18.2 Å². The van der Waals surface area contributed by atoms with Crippen molar-refractivity contribution in [3.8, 4) is 5.75 Å². The van der Waals surface area contributed by atoms with E-state index in [1.54, 1.807) is 54.6 Å². The van der Waals surface area contributed by atoms with Gasteiger partial charge in [0.15, 0.2) is 0 Å². The third kappa shape index (κ3) is 3.94. The van der Waals surface area contributed by atoms with Gasteiger partial charge in [-0.15, -0.1) is 0 Å². The Morgan fingerprint density at radius 3 is 2.22 bits per heavy atom. The number of urea groups is 1. The Kier molecular flexibility index (Phi) is 5.69. The van der Waals surface area contributed by atoms with Crippen LogP contribution in [0.25, 0.3) is 6.08 Å². The molecule has 10 heteroatoms. The van der Waals surface area contributed by atoms with E-state index in [0.29, 0.717) is 33.8 Å². The largest absolute Gasteiger partial charge is 0.496 e. The first kappa shape index (κ1) is 22.8. The number of carbonyl (C=O) groups excluding carboxylic acids is 5. The number of nitrogens with zero attached hydrogens (tertiary/aromatic N) is 2. The summed E-state index contributed by atoms with van der Waals surface area (Å²) in [6.45, 7) is -0.217. The molecule has 0 aliphatic carbocycles. The minimum absolute atomic E-state index is 0.0736. The van der Waals surface area contributed by atoms with E-state index in [1.165, 1.54) is 19.4 Å². The molecule has 1 aromatic heterocycles. The van der Waals surface area contributed by atoms with Crippen LogP contribution in [-0.2, 0) is 22.7 Å². The van der Waals surface area contributed by atoms with Crippen LogP contribution in [0.2, 0.25) is 0 Å². The van der Waals surface area contributed by atoms with E-state index in [1.807, 2.05) is 0 Å². The first-order valence-electron chi connectivity index (χ1n) is 10.9. The van der Waals surface area contributed by atoms with Crippen molar-refractivity contribution in [2.45, 2.75) is 13.1 Å². The number of benzene rings is 2. The molecule has 2 aliphatic rings. The number of hydrogen-bond acceptors (Lipinski definition) is 7. The number of amides is 6. The standard InChI is InChI=1S/C26H19N3O7/c1-35-21-9-8-15(11-16(21)13-28-23(31)18-6-2-3-7-19(18)24(28)32)12-20-22(30)27-26(34)29(25(20)33)14-17-5-4-10-36-17/h2-12H,13-14H2,1H3,(H,27,30,34). The Morgan fingerprint density at radius 2 is 1.58 bits per heavy atom. The molecular formula is C26H19N3O7. The fourth-order valence-electron chi connectivity index (χ4n) is 4.13. The number of imide groups is 3. The Bertz CT molecular complexity index is 1420. The van der Waals surface area contributed by atoms with Gasteiger partial charge >= 0.3 is 6.03 Å². The first-order valence-corrected chi connectivity index (χ1v) is 10.9. The van der Waals surface area contributed by atoms with Gasteiger partial charge in [0, 0.05) is 5.56 Å². The smallest absolute Gasteiger partial charge is 0.331 e. The van der Waals surface area contributed by atoms with Crippen LogP contribution in [0, 0.1) is 0 Å². The van der Waals surface area contributed by atoms with Gasteiger partial charge in [-0.3, -0.25) is 34.3 Å². The summed E-state index contributed by atoms with van der Waals surface area (Å²) in [4.78, 5) is 65.3. The van der Waals surface area contributed by atoms with Crippen molar-refractivity contribution in [2.24, 2.45) is 0 Å². The predicted molar refractivity (Wildman–Crippen MR) is 124 cm³/mol. The van der Waals surface area contributed by atoms with Gasteiger partial charge in [0.05, 0.1) is 37.6 Å². The molecule has 6 amide bonds. The molecule has 10 nitrogen and oxygen atoms in total. The van der Waals surface area contributed by atoms with Crippen LogP contribution in [-0.4, -0.2) is 46.6 Å². The maximum atomic E-state index is 13.0. The molecule has 2 aromatic carbocycles. The molecule has 1 saturated heterocycles. The summed E-state index contributed by atoms with van der Waals surface area (Å²) in [6.07, 6.45) is 2.75. The highest BCUT2D eigenvalue weighted by molar-refractivity contribution is 6.31. The fourth-order valence-corrected chi connectivity index (χ4v) is 4.13. The molecule has 0 saturated carbocycles. The molecule has 180 valence electrons. The quantitative estimate of drug-likeness (QED) is 0.323. The number of ether oxygens (including phenoxy) is 1. The van der Waals surface area contributed by atoms with Crippen LogP contribution in [0.1, 0.15) is 37.6 Å². The van der Waals surface area contributed by atoms with Crippen molar-refractivity contribution >= 4 is 35.7 Å². The third-order valence-corrected chi connectivity index (χ3v) is 5.90. The minimum Gasteiger partial charge on any atom is -0.496 e. The van der Waals surface area contributed by atoms with Crippen molar-refractivity contribution in [2.75, 3.05) is 7.11 Å². The van der Waals surface area contributed by atoms with Gasteiger partial charge in [0.2, 0.25) is 0 Å². The summed E-state index contributed by atoms with van der Waals surface area (Å²) in [6, 6.07) is 13.8. The zero-order valence-electron chi connectivity index (χ0n) is 19.0. The lowest BCUT2D eigenvalue weighted by Crippen LogP contribution is -2.53. The molecule has 0 radical (unpaired) electrons. The predicted octanol–water partition coefficient (Wildman–Crippen LogP) is 2.75. The van der Waals surface area contributed by atoms with Crippen LogP contribution in [0.15, 0.2) is 70.9 Å². The second-order valence-electron chi connectivity index (χ2n) is 8.10. The van der Waals surface area contributed by atoms with Crippen LogP contribution in [0.5, 0.6) is 5.75 Å². The van der Waals surface area contributed by atoms with Gasteiger partial charge in [0.25, 0.3) is 23.6 Å². The average Bonchev–Trinajstić information content (AvgIpc) is 3.47. The highest BCUT2D eigenvalue weighted by atomic mass is 16.5. The number of hydrogen-bond donors (Lipinski definition) is 1. The molecule has 0 atom stereocenters. The van der Waals surface area contributed by atoms with E-state index in [4.69, 9.17) is 9.15 Å². The number of barbiturate groups is 1. The summed E-state index contributed by atoms with van der Waals surface area (Å²) in [5, 5.41) is 2.16. The Labute approximate surface area is 204 Å². The second kappa shape index (κ2) is 8.99. The highest BCUT2D eigenvalue weighted by Crippen LogP contribution is 2.29. The topological polar surface area (TPSA) is 126 Å². The molecule has 36 heavy (non-hydrogen) atoms. The molecule has 5 rings (SSSR count). The summed E-state index contributed by atoms with van der Waals surface area (Å²) >= 11 is 0. The maximum absolute atomic E-state index is 13.0. The van der Waals surface area contributed by atoms with Crippen molar-refractivity contribution in [1.82, 2.24) is 15.1 Å². The number of carbonyl (C=O) groups is 5. The Morgan fingerprint density at radius 1 is 0.861 bits per heavy atom. The Hall–Kier alpha value is -4.99. The molecule has 3 aromatic rings. The summed E-state index contributed by atoms with van der Waals surface area (Å²) in [5.74, 6) is -1.66. The van der Waals surface area contributed by atoms with Crippen molar-refractivity contribution in [3.05, 3.63) is 94.4 Å². The highest BCUT2D eigenvalue weighted by Gasteiger charge is 2.37. The number of nitrogens with one attached hydrogen (secondary N) is 1. The molecule has 2 aliphatic heterocycles. The summed E-state index contributed by atoms with van der Waals surface area (Å²) in [7, 11) is 1.45. The van der Waals surface area contributed by atoms with Crippen LogP contribution in [0.3, 0.4) is 0 Å². The fraction of sp³-hybridized carbons (Fsp3) is 0.115. The normalized spacial score (nSPS) is 16.6. The van der Waals surface area contributed by atoms with Gasteiger partial charge in [-0.05, 0) is 48.0 Å². The number of furan rings is 1. The van der Waals surface area contributed by atoms with Crippen molar-refractivity contribution in [1.29, 1.82) is 0 Å². The Balaban J connectivity index is 1.44. The SMILES string of the molecule is COc1ccc(C=C2C(=O)NC(=O)N(Cc3ccco3)C2=O)cc1CN1C(=O)c2ccccc2C1=O. The lowest BCUT2D eigenvalue weighted by atomic mass is 10.0. The van der Waals surface area contributed by atoms with Gasteiger partial charge in [0.1, 0.15) is 17.1 Å². The monoisotopic (exact) mass is 485 g/mol. The molecule has 1 N–H and O–H groups in total.